The van der Waals surface area contributed by atoms with Crippen molar-refractivity contribution in [1.29, 1.82) is 0 Å². The van der Waals surface area contributed by atoms with Gasteiger partial charge < -0.3 is 5.11 Å². The Labute approximate surface area is 120 Å². The zero-order chi connectivity index (χ0) is 15.2. The first-order valence-corrected chi connectivity index (χ1v) is 6.87. The normalized spacial score (nSPS) is 12.3. The quantitative estimate of drug-likeness (QED) is 0.658. The summed E-state index contributed by atoms with van der Waals surface area (Å²) in [5.74, 6) is 0. The van der Waals surface area contributed by atoms with Gasteiger partial charge in [-0.3, -0.25) is 4.98 Å². The van der Waals surface area contributed by atoms with Crippen LogP contribution in [0, 0.1) is 0 Å². The van der Waals surface area contributed by atoms with Crippen molar-refractivity contribution in [2.75, 3.05) is 0 Å². The topological polar surface area (TPSA) is 65.8 Å². The Balaban J connectivity index is 3.14. The van der Waals surface area contributed by atoms with Crippen molar-refractivity contribution < 1.29 is 9.90 Å². The summed E-state index contributed by atoms with van der Waals surface area (Å²) in [5, 5.41) is 14.8. The minimum absolute atomic E-state index is 0.573. The summed E-state index contributed by atoms with van der Waals surface area (Å²) in [6.45, 7) is 7.58. The van der Waals surface area contributed by atoms with Gasteiger partial charge in [-0.1, -0.05) is 13.3 Å². The van der Waals surface area contributed by atoms with Crippen LogP contribution >= 0.6 is 0 Å². The van der Waals surface area contributed by atoms with Crippen LogP contribution in [0.5, 0.6) is 0 Å². The summed E-state index contributed by atoms with van der Waals surface area (Å²) >= 11 is 0. The first-order chi connectivity index (χ1) is 9.36. The molecule has 0 aliphatic heterocycles. The maximum atomic E-state index is 11.4. The summed E-state index contributed by atoms with van der Waals surface area (Å²) in [6, 6.07) is 3.72. The highest BCUT2D eigenvalue weighted by Crippen LogP contribution is 2.17. The molecule has 0 aromatic carbocycles. The maximum Gasteiger partial charge on any atom is 0.428 e. The van der Waals surface area contributed by atoms with E-state index in [0.717, 1.165) is 35.5 Å². The molecule has 20 heavy (non-hydrogen) atoms. The summed E-state index contributed by atoms with van der Waals surface area (Å²) in [6.07, 6.45) is 5.10. The van der Waals surface area contributed by atoms with E-state index in [1.807, 2.05) is 32.9 Å². The van der Waals surface area contributed by atoms with Crippen LogP contribution < -0.4 is 0 Å². The fourth-order valence-electron chi connectivity index (χ4n) is 1.74. The van der Waals surface area contributed by atoms with E-state index in [0.29, 0.717) is 0 Å². The molecule has 0 bridgehead atoms. The predicted molar refractivity (Wildman–Crippen MR) is 79.9 cm³/mol. The number of hydrogen-bond donors (Lipinski definition) is 1. The highest BCUT2D eigenvalue weighted by molar-refractivity contribution is 6.00. The third-order valence-corrected chi connectivity index (χ3v) is 2.82. The Kier molecular flexibility index (Phi) is 5.67. The number of nitrogens with zero attached hydrogens (tertiary/aromatic N) is 3. The molecule has 0 atom stereocenters. The van der Waals surface area contributed by atoms with Crippen molar-refractivity contribution in [1.82, 2.24) is 9.99 Å². The molecule has 5 heteroatoms. The van der Waals surface area contributed by atoms with Gasteiger partial charge in [0.2, 0.25) is 0 Å². The average Bonchev–Trinajstić information content (AvgIpc) is 2.38. The Bertz CT molecular complexity index is 464. The van der Waals surface area contributed by atoms with Crippen LogP contribution in [0.15, 0.2) is 29.6 Å². The Hall–Kier alpha value is -1.91. The minimum Gasteiger partial charge on any atom is -0.464 e. The van der Waals surface area contributed by atoms with E-state index in [2.05, 4.69) is 17.0 Å². The third kappa shape index (κ3) is 4.64. The number of hydrogen-bond acceptors (Lipinski definition) is 3. The van der Waals surface area contributed by atoms with Gasteiger partial charge in [0, 0.05) is 18.0 Å². The molecular formula is C15H23N3O2. The number of pyridine rings is 1. The second-order valence-electron chi connectivity index (χ2n) is 5.65. The predicted octanol–water partition coefficient (Wildman–Crippen LogP) is 3.75. The lowest BCUT2D eigenvalue weighted by Gasteiger charge is -2.29. The zero-order valence-corrected chi connectivity index (χ0v) is 12.6. The largest absolute Gasteiger partial charge is 0.464 e. The third-order valence-electron chi connectivity index (χ3n) is 2.82. The van der Waals surface area contributed by atoms with Crippen molar-refractivity contribution in [3.05, 3.63) is 30.1 Å². The molecule has 1 aromatic rings. The van der Waals surface area contributed by atoms with Crippen LogP contribution in [0.3, 0.4) is 0 Å². The van der Waals surface area contributed by atoms with Gasteiger partial charge in [0.1, 0.15) is 0 Å². The van der Waals surface area contributed by atoms with Gasteiger partial charge in [-0.05, 0) is 45.7 Å². The number of rotatable bonds is 5. The monoisotopic (exact) mass is 277 g/mol. The van der Waals surface area contributed by atoms with Gasteiger partial charge in [-0.2, -0.15) is 10.1 Å². The number of aromatic nitrogens is 1. The van der Waals surface area contributed by atoms with E-state index in [1.165, 1.54) is 0 Å². The van der Waals surface area contributed by atoms with Crippen LogP contribution in [0.4, 0.5) is 4.79 Å². The molecule has 0 aliphatic carbocycles. The number of carboxylic acid groups (broad SMARTS) is 1. The first kappa shape index (κ1) is 16.1. The molecule has 0 fully saturated rings. The van der Waals surface area contributed by atoms with Gasteiger partial charge in [-0.15, -0.1) is 0 Å². The zero-order valence-electron chi connectivity index (χ0n) is 12.6. The van der Waals surface area contributed by atoms with Gasteiger partial charge in [0.05, 0.1) is 11.3 Å². The van der Waals surface area contributed by atoms with Crippen LogP contribution in [0.2, 0.25) is 0 Å². The molecule has 0 unspecified atom stereocenters. The number of hydrazone groups is 1. The molecule has 110 valence electrons. The molecule has 1 aromatic heterocycles. The molecule has 0 saturated carbocycles. The van der Waals surface area contributed by atoms with Crippen LogP contribution in [-0.4, -0.2) is 32.4 Å². The molecule has 0 radical (unpaired) electrons. The van der Waals surface area contributed by atoms with Gasteiger partial charge >= 0.3 is 6.09 Å². The first-order valence-electron chi connectivity index (χ1n) is 6.87. The standard InChI is InChI=1S/C15H23N3O2/c1-5-6-7-13(12-8-10-16-11-9-12)17-18(14(19)20)15(2,3)4/h8-11H,5-7H2,1-4H3,(H,19,20)/b17-13+. The maximum absolute atomic E-state index is 11.4. The molecule has 1 amide bonds. The second kappa shape index (κ2) is 7.03. The van der Waals surface area contributed by atoms with E-state index in [-0.39, 0.29) is 0 Å². The van der Waals surface area contributed by atoms with E-state index in [1.54, 1.807) is 12.4 Å². The fraction of sp³-hybridized carbons (Fsp3) is 0.533. The van der Waals surface area contributed by atoms with Crippen LogP contribution in [0.25, 0.3) is 0 Å². The molecule has 1 N–H and O–H groups in total. The lowest BCUT2D eigenvalue weighted by atomic mass is 10.1. The van der Waals surface area contributed by atoms with Crippen LogP contribution in [0.1, 0.15) is 52.5 Å². The molecule has 5 nitrogen and oxygen atoms in total. The highest BCUT2D eigenvalue weighted by Gasteiger charge is 2.26. The van der Waals surface area contributed by atoms with E-state index >= 15 is 0 Å². The molecule has 0 spiro atoms. The number of carbonyl (C=O) groups is 1. The summed E-state index contributed by atoms with van der Waals surface area (Å²) in [5.41, 5.74) is 1.13. The SMILES string of the molecule is CCCC/C(=N\N(C(=O)O)C(C)(C)C)c1ccncc1. The van der Waals surface area contributed by atoms with E-state index in [9.17, 15) is 9.90 Å². The van der Waals surface area contributed by atoms with Crippen molar-refractivity contribution in [3.63, 3.8) is 0 Å². The molecule has 1 heterocycles. The molecule has 0 saturated heterocycles. The Morgan fingerprint density at radius 3 is 2.40 bits per heavy atom. The summed E-state index contributed by atoms with van der Waals surface area (Å²) in [4.78, 5) is 15.4. The molecule has 0 aliphatic rings. The van der Waals surface area contributed by atoms with Gasteiger partial charge in [-0.25, -0.2) is 4.79 Å². The second-order valence-corrected chi connectivity index (χ2v) is 5.65. The summed E-state index contributed by atoms with van der Waals surface area (Å²) < 4.78 is 0. The fourth-order valence-corrected chi connectivity index (χ4v) is 1.74. The van der Waals surface area contributed by atoms with E-state index < -0.39 is 11.6 Å². The van der Waals surface area contributed by atoms with Crippen molar-refractivity contribution in [3.8, 4) is 0 Å². The lowest BCUT2D eigenvalue weighted by Crippen LogP contribution is -2.41. The van der Waals surface area contributed by atoms with Crippen molar-refractivity contribution in [2.45, 2.75) is 52.5 Å². The Morgan fingerprint density at radius 1 is 1.35 bits per heavy atom. The van der Waals surface area contributed by atoms with Crippen LogP contribution in [-0.2, 0) is 0 Å². The molecule has 1 rings (SSSR count). The van der Waals surface area contributed by atoms with Crippen molar-refractivity contribution >= 4 is 11.8 Å². The lowest BCUT2D eigenvalue weighted by molar-refractivity contribution is 0.103. The number of unbranched alkanes of at least 4 members (excludes halogenated alkanes) is 1. The molecular weight excluding hydrogens is 254 g/mol. The van der Waals surface area contributed by atoms with Gasteiger partial charge in [0.25, 0.3) is 0 Å². The van der Waals surface area contributed by atoms with Gasteiger partial charge in [0.15, 0.2) is 0 Å². The average molecular weight is 277 g/mol. The van der Waals surface area contributed by atoms with Crippen molar-refractivity contribution in [2.24, 2.45) is 5.10 Å². The summed E-state index contributed by atoms with van der Waals surface area (Å²) in [7, 11) is 0. The Morgan fingerprint density at radius 2 is 1.95 bits per heavy atom. The van der Waals surface area contributed by atoms with E-state index in [4.69, 9.17) is 0 Å². The number of amides is 1. The highest BCUT2D eigenvalue weighted by atomic mass is 16.4. The minimum atomic E-state index is -1.04. The smallest absolute Gasteiger partial charge is 0.428 e.